The van der Waals surface area contributed by atoms with E-state index < -0.39 is 71.2 Å². The van der Waals surface area contributed by atoms with Gasteiger partial charge in [-0.05, 0) is 70.6 Å². The highest BCUT2D eigenvalue weighted by Crippen LogP contribution is 2.24. The predicted octanol–water partition coefficient (Wildman–Crippen LogP) is 9.17. The summed E-state index contributed by atoms with van der Waals surface area (Å²) >= 11 is 0. The number of esters is 2. The van der Waals surface area contributed by atoms with Crippen molar-refractivity contribution in [2.24, 2.45) is 0 Å². The molecular weight excluding hydrogens is 777 g/mol. The summed E-state index contributed by atoms with van der Waals surface area (Å²) < 4.78 is 54.0. The first-order valence-corrected chi connectivity index (χ1v) is 24.3. The highest BCUT2D eigenvalue weighted by atomic mass is 32.2. The molecule has 12 nitrogen and oxygen atoms in total. The Bertz CT molecular complexity index is 1280. The van der Waals surface area contributed by atoms with Crippen LogP contribution in [-0.4, -0.2) is 96.0 Å². The maximum atomic E-state index is 12.8. The van der Waals surface area contributed by atoms with Gasteiger partial charge in [0.1, 0.15) is 36.8 Å². The summed E-state index contributed by atoms with van der Waals surface area (Å²) in [4.78, 5) is 25.4. The maximum absolute atomic E-state index is 12.8. The summed E-state index contributed by atoms with van der Waals surface area (Å²) in [6, 6.07) is 0. The highest BCUT2D eigenvalue weighted by molar-refractivity contribution is 7.85. The van der Waals surface area contributed by atoms with Gasteiger partial charge in [-0.2, -0.15) is 8.42 Å². The van der Waals surface area contributed by atoms with Gasteiger partial charge in [0.15, 0.2) is 12.4 Å². The van der Waals surface area contributed by atoms with Gasteiger partial charge in [0.25, 0.3) is 10.1 Å². The zero-order valence-electron chi connectivity index (χ0n) is 36.3. The van der Waals surface area contributed by atoms with E-state index in [0.717, 1.165) is 89.9 Å². The van der Waals surface area contributed by atoms with Crippen molar-refractivity contribution in [2.45, 2.75) is 211 Å². The van der Waals surface area contributed by atoms with E-state index in [1.807, 2.05) is 0 Å². The van der Waals surface area contributed by atoms with Crippen molar-refractivity contribution in [3.8, 4) is 0 Å². The molecule has 0 amide bonds. The van der Waals surface area contributed by atoms with Gasteiger partial charge in [0.2, 0.25) is 0 Å². The van der Waals surface area contributed by atoms with Crippen LogP contribution in [0.5, 0.6) is 0 Å². The molecule has 0 aromatic carbocycles. The van der Waals surface area contributed by atoms with E-state index in [4.69, 9.17) is 18.9 Å². The molecule has 1 aliphatic rings. The summed E-state index contributed by atoms with van der Waals surface area (Å²) in [7, 11) is -4.61. The van der Waals surface area contributed by atoms with Gasteiger partial charge in [-0.1, -0.05) is 140 Å². The lowest BCUT2D eigenvalue weighted by atomic mass is 10.00. The van der Waals surface area contributed by atoms with Crippen molar-refractivity contribution in [3.05, 3.63) is 48.6 Å². The summed E-state index contributed by atoms with van der Waals surface area (Å²) in [5, 5.41) is 30.9. The molecule has 13 heteroatoms. The molecule has 6 unspecified atom stereocenters. The molecular formula is C46H80O12S. The van der Waals surface area contributed by atoms with Crippen LogP contribution in [0.1, 0.15) is 174 Å². The van der Waals surface area contributed by atoms with Crippen molar-refractivity contribution in [1.29, 1.82) is 0 Å². The van der Waals surface area contributed by atoms with Crippen molar-refractivity contribution in [2.75, 3.05) is 19.0 Å². The first-order chi connectivity index (χ1) is 28.5. The van der Waals surface area contributed by atoms with Crippen LogP contribution < -0.4 is 0 Å². The van der Waals surface area contributed by atoms with E-state index >= 15 is 0 Å². The fourth-order valence-electron chi connectivity index (χ4n) is 6.63. The lowest BCUT2D eigenvalue weighted by Crippen LogP contribution is -2.60. The number of carbonyl (C=O) groups is 2. The molecule has 1 fully saturated rings. The van der Waals surface area contributed by atoms with Gasteiger partial charge < -0.3 is 34.3 Å². The first kappa shape index (κ1) is 54.6. The molecule has 0 aromatic rings. The van der Waals surface area contributed by atoms with Crippen LogP contribution in [0, 0.1) is 0 Å². The third kappa shape index (κ3) is 31.2. The van der Waals surface area contributed by atoms with Crippen molar-refractivity contribution in [1.82, 2.24) is 0 Å². The van der Waals surface area contributed by atoms with E-state index in [-0.39, 0.29) is 19.4 Å². The number of allylic oxidation sites excluding steroid dienone is 8. The zero-order chi connectivity index (χ0) is 43.4. The number of rotatable bonds is 37. The lowest BCUT2D eigenvalue weighted by molar-refractivity contribution is -0.297. The molecule has 6 atom stereocenters. The molecule has 0 spiro atoms. The quantitative estimate of drug-likeness (QED) is 0.0201. The smallest absolute Gasteiger partial charge is 0.306 e. The SMILES string of the molecule is CC/C=C\C/C=C\C/C=C\CCCCCCCC(=O)OC(COC(=O)CCCCCCC/C=C\CCCCCCCCC)COC1OC(CS(=O)(=O)O)C(O)C(O)C1O. The Balaban J connectivity index is 2.46. The minimum absolute atomic E-state index is 0.142. The molecule has 1 heterocycles. The van der Waals surface area contributed by atoms with Gasteiger partial charge in [0.05, 0.1) is 6.61 Å². The third-order valence-electron chi connectivity index (χ3n) is 10.1. The van der Waals surface area contributed by atoms with Gasteiger partial charge in [-0.25, -0.2) is 0 Å². The second-order valence-electron chi connectivity index (χ2n) is 15.7. The Hall–Kier alpha value is -2.39. The predicted molar refractivity (Wildman–Crippen MR) is 233 cm³/mol. The Labute approximate surface area is 356 Å². The van der Waals surface area contributed by atoms with Crippen molar-refractivity contribution < 1.29 is 56.8 Å². The van der Waals surface area contributed by atoms with Crippen LogP contribution in [-0.2, 0) is 38.7 Å². The third-order valence-corrected chi connectivity index (χ3v) is 10.9. The van der Waals surface area contributed by atoms with Gasteiger partial charge in [0, 0.05) is 12.8 Å². The zero-order valence-corrected chi connectivity index (χ0v) is 37.2. The second kappa shape index (κ2) is 36.3. The van der Waals surface area contributed by atoms with E-state index in [9.17, 15) is 37.9 Å². The highest BCUT2D eigenvalue weighted by Gasteiger charge is 2.46. The second-order valence-corrected chi connectivity index (χ2v) is 17.2. The van der Waals surface area contributed by atoms with E-state index in [1.165, 1.54) is 44.9 Å². The van der Waals surface area contributed by atoms with Crippen molar-refractivity contribution >= 4 is 22.1 Å². The number of unbranched alkanes of at least 4 members (excludes halogenated alkanes) is 17. The molecule has 342 valence electrons. The Morgan fingerprint density at radius 3 is 1.61 bits per heavy atom. The number of ether oxygens (including phenoxy) is 4. The number of hydrogen-bond acceptors (Lipinski definition) is 11. The van der Waals surface area contributed by atoms with E-state index in [0.29, 0.717) is 12.8 Å². The summed E-state index contributed by atoms with van der Waals surface area (Å²) in [5.74, 6) is -2.02. The average Bonchev–Trinajstić information content (AvgIpc) is 3.20. The summed E-state index contributed by atoms with van der Waals surface area (Å²) in [6.07, 6.45) is 33.0. The van der Waals surface area contributed by atoms with E-state index in [2.05, 4.69) is 62.5 Å². The lowest BCUT2D eigenvalue weighted by Gasteiger charge is -2.40. The standard InChI is InChI=1S/C46H80O12S/c1-3-5-7-9-11-13-15-17-19-21-22-24-26-28-30-32-34-41(47)55-36-39(37-56-46-45(51)44(50)43(49)40(58-46)38-59(52,53)54)57-42(48)35-33-31-29-27-25-23-20-18-16-14-12-10-8-6-4-2/h6,8,12,14,18-21,39-40,43-46,49-51H,3-5,7,9-11,13,15-17,22-38H2,1-2H3,(H,52,53,54)/b8-6-,14-12-,20-18-,21-19-. The van der Waals surface area contributed by atoms with E-state index in [1.54, 1.807) is 0 Å². The van der Waals surface area contributed by atoms with Gasteiger partial charge in [-0.3, -0.25) is 14.1 Å². The van der Waals surface area contributed by atoms with Crippen LogP contribution >= 0.6 is 0 Å². The molecule has 59 heavy (non-hydrogen) atoms. The Morgan fingerprint density at radius 2 is 1.07 bits per heavy atom. The van der Waals surface area contributed by atoms with Crippen LogP contribution in [0.2, 0.25) is 0 Å². The molecule has 0 aliphatic carbocycles. The fraction of sp³-hybridized carbons (Fsp3) is 0.783. The molecule has 0 aromatic heterocycles. The molecule has 0 radical (unpaired) electrons. The largest absolute Gasteiger partial charge is 0.462 e. The number of aliphatic hydroxyl groups excluding tert-OH is 3. The number of hydrogen-bond donors (Lipinski definition) is 4. The van der Waals surface area contributed by atoms with Crippen LogP contribution in [0.4, 0.5) is 0 Å². The monoisotopic (exact) mass is 857 g/mol. The number of carbonyl (C=O) groups excluding carboxylic acids is 2. The molecule has 0 saturated carbocycles. The molecule has 0 bridgehead atoms. The summed E-state index contributed by atoms with van der Waals surface area (Å²) in [5.41, 5.74) is 0. The Morgan fingerprint density at radius 1 is 0.593 bits per heavy atom. The fourth-order valence-corrected chi connectivity index (χ4v) is 7.32. The minimum Gasteiger partial charge on any atom is -0.462 e. The molecule has 1 rings (SSSR count). The van der Waals surface area contributed by atoms with Crippen LogP contribution in [0.25, 0.3) is 0 Å². The van der Waals surface area contributed by atoms with Crippen molar-refractivity contribution in [3.63, 3.8) is 0 Å². The minimum atomic E-state index is -4.61. The first-order valence-electron chi connectivity index (χ1n) is 22.7. The number of aliphatic hydroxyl groups is 3. The topological polar surface area (TPSA) is 186 Å². The van der Waals surface area contributed by atoms with Gasteiger partial charge in [-0.15, -0.1) is 0 Å². The molecule has 1 saturated heterocycles. The molecule has 1 aliphatic heterocycles. The summed E-state index contributed by atoms with van der Waals surface area (Å²) in [6.45, 7) is 3.62. The van der Waals surface area contributed by atoms with Crippen LogP contribution in [0.15, 0.2) is 48.6 Å². The van der Waals surface area contributed by atoms with Gasteiger partial charge >= 0.3 is 11.9 Å². The van der Waals surface area contributed by atoms with Crippen LogP contribution in [0.3, 0.4) is 0 Å². The average molecular weight is 857 g/mol. The molecule has 4 N–H and O–H groups in total. The maximum Gasteiger partial charge on any atom is 0.306 e. The Kier molecular flexibility index (Phi) is 33.6. The normalized spacial score (nSPS) is 20.7.